The number of rotatable bonds is 8. The van der Waals surface area contributed by atoms with Crippen molar-refractivity contribution in [1.82, 2.24) is 19.7 Å². The maximum Gasteiger partial charge on any atom is 0.240 e. The minimum absolute atomic E-state index is 0.147. The van der Waals surface area contributed by atoms with Gasteiger partial charge in [0, 0.05) is 12.1 Å². The number of aromatic nitrogens is 3. The largest absolute Gasteiger partial charge is 0.394 e. The summed E-state index contributed by atoms with van der Waals surface area (Å²) in [4.78, 5) is 0.180. The van der Waals surface area contributed by atoms with E-state index >= 15 is 0 Å². The van der Waals surface area contributed by atoms with Crippen molar-refractivity contribution in [2.45, 2.75) is 49.0 Å². The average Bonchev–Trinajstić information content (AvgIpc) is 3.28. The minimum atomic E-state index is -3.69. The molecule has 0 aliphatic carbocycles. The van der Waals surface area contributed by atoms with Crippen molar-refractivity contribution >= 4 is 10.0 Å². The first kappa shape index (κ1) is 22.5. The second kappa shape index (κ2) is 9.86. The SMILES string of the molecule is O=S(=O)(N[C@@H]1CC[C@H](CCn2cc(-c3cccc(F)c3)nn2)O[C@H]1CO)c1ccccc1. The monoisotopic (exact) mass is 460 g/mol. The maximum atomic E-state index is 13.4. The predicted molar refractivity (Wildman–Crippen MR) is 116 cm³/mol. The molecule has 2 aromatic carbocycles. The molecule has 0 bridgehead atoms. The minimum Gasteiger partial charge on any atom is -0.394 e. The molecule has 0 spiro atoms. The summed E-state index contributed by atoms with van der Waals surface area (Å²) in [6, 6.07) is 13.8. The molecule has 1 fully saturated rings. The van der Waals surface area contributed by atoms with Gasteiger partial charge in [0.1, 0.15) is 11.5 Å². The van der Waals surface area contributed by atoms with E-state index in [1.54, 1.807) is 41.2 Å². The molecular weight excluding hydrogens is 435 g/mol. The number of sulfonamides is 1. The highest BCUT2D eigenvalue weighted by atomic mass is 32.2. The standard InChI is InChI=1S/C22H25FN4O4S/c23-17-6-4-5-16(13-17)21-14-27(26-24-21)12-11-18-9-10-20(22(15-28)31-18)25-32(29,30)19-7-2-1-3-8-19/h1-8,13-14,18,20,22,25,28H,9-12,15H2/t18-,20-,22+/m1/s1. The first-order valence-electron chi connectivity index (χ1n) is 10.4. The molecule has 4 rings (SSSR count). The van der Waals surface area contributed by atoms with E-state index in [4.69, 9.17) is 4.74 Å². The van der Waals surface area contributed by atoms with Gasteiger partial charge in [0.2, 0.25) is 10.0 Å². The van der Waals surface area contributed by atoms with Gasteiger partial charge in [0.15, 0.2) is 0 Å². The molecule has 1 saturated heterocycles. The molecule has 0 radical (unpaired) electrons. The van der Waals surface area contributed by atoms with Gasteiger partial charge in [-0.25, -0.2) is 17.5 Å². The number of nitrogens with one attached hydrogen (secondary N) is 1. The van der Waals surface area contributed by atoms with Crippen LogP contribution in [0.15, 0.2) is 65.7 Å². The van der Waals surface area contributed by atoms with Crippen LogP contribution in [0.2, 0.25) is 0 Å². The second-order valence-corrected chi connectivity index (χ2v) is 9.48. The van der Waals surface area contributed by atoms with Crippen LogP contribution in [0.25, 0.3) is 11.3 Å². The van der Waals surface area contributed by atoms with Gasteiger partial charge in [-0.05, 0) is 43.5 Å². The molecule has 0 saturated carbocycles. The topological polar surface area (TPSA) is 106 Å². The smallest absolute Gasteiger partial charge is 0.240 e. The summed E-state index contributed by atoms with van der Waals surface area (Å²) in [5, 5.41) is 17.9. The van der Waals surface area contributed by atoms with Crippen LogP contribution in [0.1, 0.15) is 19.3 Å². The molecule has 170 valence electrons. The normalized spacial score (nSPS) is 21.5. The number of aliphatic hydroxyl groups is 1. The fourth-order valence-corrected chi connectivity index (χ4v) is 5.13. The van der Waals surface area contributed by atoms with Crippen LogP contribution in [-0.4, -0.2) is 53.4 Å². The summed E-state index contributed by atoms with van der Waals surface area (Å²) in [5.41, 5.74) is 1.23. The Labute approximate surface area is 186 Å². The van der Waals surface area contributed by atoms with Gasteiger partial charge in [-0.1, -0.05) is 35.5 Å². The van der Waals surface area contributed by atoms with Gasteiger partial charge in [0.25, 0.3) is 0 Å². The maximum absolute atomic E-state index is 13.4. The molecule has 8 nitrogen and oxygen atoms in total. The lowest BCUT2D eigenvalue weighted by Crippen LogP contribution is -2.50. The lowest BCUT2D eigenvalue weighted by Gasteiger charge is -2.36. The Hall–Kier alpha value is -2.66. The number of hydrogen-bond donors (Lipinski definition) is 2. The fourth-order valence-electron chi connectivity index (χ4n) is 3.81. The Balaban J connectivity index is 1.33. The van der Waals surface area contributed by atoms with Crippen molar-refractivity contribution in [1.29, 1.82) is 0 Å². The number of halogens is 1. The van der Waals surface area contributed by atoms with Crippen LogP contribution in [0.5, 0.6) is 0 Å². The van der Waals surface area contributed by atoms with Gasteiger partial charge in [0.05, 0.1) is 35.9 Å². The molecule has 1 aromatic heterocycles. The molecule has 2 N–H and O–H groups in total. The highest BCUT2D eigenvalue weighted by molar-refractivity contribution is 7.89. The van der Waals surface area contributed by atoms with E-state index in [-0.39, 0.29) is 23.4 Å². The summed E-state index contributed by atoms with van der Waals surface area (Å²) in [6.45, 7) is 0.247. The molecular formula is C22H25FN4O4S. The summed E-state index contributed by atoms with van der Waals surface area (Å²) in [6.07, 6.45) is 2.79. The van der Waals surface area contributed by atoms with Gasteiger partial charge in [-0.3, -0.25) is 4.68 Å². The van der Waals surface area contributed by atoms with Gasteiger partial charge in [-0.15, -0.1) is 5.10 Å². The van der Waals surface area contributed by atoms with Crippen molar-refractivity contribution in [3.63, 3.8) is 0 Å². The molecule has 3 atom stereocenters. The third kappa shape index (κ3) is 5.39. The van der Waals surface area contributed by atoms with Gasteiger partial charge in [-0.2, -0.15) is 0 Å². The number of aliphatic hydroxyl groups excluding tert-OH is 1. The second-order valence-electron chi connectivity index (χ2n) is 7.76. The van der Waals surface area contributed by atoms with Crippen molar-refractivity contribution in [2.24, 2.45) is 0 Å². The summed E-state index contributed by atoms with van der Waals surface area (Å²) in [5.74, 6) is -0.333. The lowest BCUT2D eigenvalue weighted by atomic mass is 9.98. The number of ether oxygens (including phenoxy) is 1. The number of nitrogens with zero attached hydrogens (tertiary/aromatic N) is 3. The molecule has 0 unspecified atom stereocenters. The van der Waals surface area contributed by atoms with Crippen LogP contribution < -0.4 is 4.72 Å². The highest BCUT2D eigenvalue weighted by Crippen LogP contribution is 2.24. The third-order valence-electron chi connectivity index (χ3n) is 5.49. The molecule has 2 heterocycles. The van der Waals surface area contributed by atoms with Gasteiger partial charge < -0.3 is 9.84 Å². The fraction of sp³-hybridized carbons (Fsp3) is 0.364. The zero-order valence-electron chi connectivity index (χ0n) is 17.3. The summed E-state index contributed by atoms with van der Waals surface area (Å²) >= 11 is 0. The third-order valence-corrected chi connectivity index (χ3v) is 7.00. The average molecular weight is 461 g/mol. The molecule has 3 aromatic rings. The molecule has 10 heteroatoms. The Morgan fingerprint density at radius 1 is 1.16 bits per heavy atom. The van der Waals surface area contributed by atoms with E-state index in [0.29, 0.717) is 37.1 Å². The predicted octanol–water partition coefficient (Wildman–Crippen LogP) is 2.36. The molecule has 1 aliphatic heterocycles. The van der Waals surface area contributed by atoms with Crippen LogP contribution >= 0.6 is 0 Å². The quantitative estimate of drug-likeness (QED) is 0.535. The van der Waals surface area contributed by atoms with Crippen LogP contribution in [-0.2, 0) is 21.3 Å². The lowest BCUT2D eigenvalue weighted by molar-refractivity contribution is -0.0891. The van der Waals surface area contributed by atoms with Crippen molar-refractivity contribution in [3.8, 4) is 11.3 Å². The Kier molecular flexibility index (Phi) is 6.95. The van der Waals surface area contributed by atoms with Crippen LogP contribution in [0, 0.1) is 5.82 Å². The Bertz CT molecular complexity index is 1140. The van der Waals surface area contributed by atoms with E-state index in [0.717, 1.165) is 0 Å². The first-order valence-corrected chi connectivity index (χ1v) is 11.9. The zero-order chi connectivity index (χ0) is 22.6. The van der Waals surface area contributed by atoms with Crippen molar-refractivity contribution < 1.29 is 22.7 Å². The molecule has 1 aliphatic rings. The Morgan fingerprint density at radius 3 is 2.72 bits per heavy atom. The van der Waals surface area contributed by atoms with E-state index in [1.165, 1.54) is 24.3 Å². The number of aryl methyl sites for hydroxylation is 1. The molecule has 32 heavy (non-hydrogen) atoms. The van der Waals surface area contributed by atoms with E-state index in [9.17, 15) is 17.9 Å². The number of hydrogen-bond acceptors (Lipinski definition) is 6. The highest BCUT2D eigenvalue weighted by Gasteiger charge is 2.33. The first-order chi connectivity index (χ1) is 15.4. The summed E-state index contributed by atoms with van der Waals surface area (Å²) < 4.78 is 48.9. The number of benzene rings is 2. The van der Waals surface area contributed by atoms with E-state index in [2.05, 4.69) is 15.0 Å². The zero-order valence-corrected chi connectivity index (χ0v) is 18.2. The van der Waals surface area contributed by atoms with E-state index < -0.39 is 22.2 Å². The molecule has 0 amide bonds. The van der Waals surface area contributed by atoms with Crippen LogP contribution in [0.3, 0.4) is 0 Å². The van der Waals surface area contributed by atoms with Crippen molar-refractivity contribution in [3.05, 3.63) is 66.6 Å². The Morgan fingerprint density at radius 2 is 1.97 bits per heavy atom. The van der Waals surface area contributed by atoms with Crippen LogP contribution in [0.4, 0.5) is 4.39 Å². The van der Waals surface area contributed by atoms with Crippen molar-refractivity contribution in [2.75, 3.05) is 6.61 Å². The summed E-state index contributed by atoms with van der Waals surface area (Å²) in [7, 11) is -3.69. The van der Waals surface area contributed by atoms with Gasteiger partial charge >= 0.3 is 0 Å². The van der Waals surface area contributed by atoms with E-state index in [1.807, 2.05) is 0 Å².